The van der Waals surface area contributed by atoms with Gasteiger partial charge in [-0.1, -0.05) is 58.5 Å². The standard InChI is InChI=1S/C22H12Cl4FN3O/c1-31-14-7-11(6-12(23)8-14)18-19(21-16(25)9-13(24)10-28-21)22(26)30-29-20(18)15-4-2-3-5-17(15)27/h2-10H,1H3. The van der Waals surface area contributed by atoms with Gasteiger partial charge in [0, 0.05) is 22.3 Å². The summed E-state index contributed by atoms with van der Waals surface area (Å²) >= 11 is 25.2. The molecule has 4 aromatic rings. The molecule has 0 fully saturated rings. The van der Waals surface area contributed by atoms with Gasteiger partial charge in [0.2, 0.25) is 0 Å². The average molecular weight is 495 g/mol. The lowest BCUT2D eigenvalue weighted by molar-refractivity contribution is 0.415. The van der Waals surface area contributed by atoms with Gasteiger partial charge in [-0.25, -0.2) is 4.39 Å². The number of rotatable bonds is 4. The van der Waals surface area contributed by atoms with E-state index in [4.69, 9.17) is 51.1 Å². The first-order chi connectivity index (χ1) is 14.9. The number of hydrogen-bond acceptors (Lipinski definition) is 4. The Balaban J connectivity index is 2.14. The number of benzene rings is 2. The van der Waals surface area contributed by atoms with Crippen LogP contribution in [0.3, 0.4) is 0 Å². The normalized spacial score (nSPS) is 10.9. The van der Waals surface area contributed by atoms with Gasteiger partial charge < -0.3 is 4.74 Å². The largest absolute Gasteiger partial charge is 0.497 e. The van der Waals surface area contributed by atoms with E-state index in [1.54, 1.807) is 36.4 Å². The molecule has 2 aromatic carbocycles. The van der Waals surface area contributed by atoms with E-state index in [1.807, 2.05) is 0 Å². The number of nitrogens with zero attached hydrogens (tertiary/aromatic N) is 3. The molecule has 31 heavy (non-hydrogen) atoms. The molecule has 0 atom stereocenters. The Hall–Kier alpha value is -2.44. The van der Waals surface area contributed by atoms with Crippen LogP contribution in [0.2, 0.25) is 20.2 Å². The zero-order chi connectivity index (χ0) is 22.1. The third-order valence-electron chi connectivity index (χ3n) is 4.50. The van der Waals surface area contributed by atoms with E-state index in [1.165, 1.54) is 25.4 Å². The van der Waals surface area contributed by atoms with Gasteiger partial charge in [-0.15, -0.1) is 10.2 Å². The van der Waals surface area contributed by atoms with Crippen LogP contribution in [-0.4, -0.2) is 22.3 Å². The fraction of sp³-hybridized carbons (Fsp3) is 0.0455. The SMILES string of the molecule is COc1cc(Cl)cc(-c2c(-c3ccccc3F)nnc(Cl)c2-c2ncc(Cl)cc2Cl)c1. The first-order valence-electron chi connectivity index (χ1n) is 8.86. The van der Waals surface area contributed by atoms with Crippen molar-refractivity contribution in [1.29, 1.82) is 0 Å². The number of halogens is 5. The minimum atomic E-state index is -0.476. The molecule has 0 saturated heterocycles. The van der Waals surface area contributed by atoms with E-state index in [0.29, 0.717) is 38.2 Å². The Morgan fingerprint density at radius 2 is 1.61 bits per heavy atom. The molecule has 0 aliphatic carbocycles. The Kier molecular flexibility index (Phi) is 6.30. The van der Waals surface area contributed by atoms with Crippen LogP contribution in [0.5, 0.6) is 5.75 Å². The monoisotopic (exact) mass is 493 g/mol. The minimum absolute atomic E-state index is 0.0331. The summed E-state index contributed by atoms with van der Waals surface area (Å²) in [6.45, 7) is 0. The summed E-state index contributed by atoms with van der Waals surface area (Å²) in [4.78, 5) is 4.34. The fourth-order valence-corrected chi connectivity index (χ4v) is 4.10. The Bertz CT molecular complexity index is 1300. The summed E-state index contributed by atoms with van der Waals surface area (Å²) in [5.41, 5.74) is 2.17. The summed E-state index contributed by atoms with van der Waals surface area (Å²) in [6, 6.07) is 12.8. The second-order valence-electron chi connectivity index (χ2n) is 6.43. The number of ether oxygens (including phenoxy) is 1. The first kappa shape index (κ1) is 21.8. The molecule has 0 bridgehead atoms. The van der Waals surface area contributed by atoms with Gasteiger partial charge in [-0.3, -0.25) is 4.98 Å². The highest BCUT2D eigenvalue weighted by atomic mass is 35.5. The number of methoxy groups -OCH3 is 1. The average Bonchev–Trinajstić information content (AvgIpc) is 2.74. The van der Waals surface area contributed by atoms with Crippen LogP contribution in [0, 0.1) is 5.82 Å². The lowest BCUT2D eigenvalue weighted by atomic mass is 9.93. The molecular formula is C22H12Cl4FN3O. The van der Waals surface area contributed by atoms with Crippen molar-refractivity contribution < 1.29 is 9.13 Å². The summed E-state index contributed by atoms with van der Waals surface area (Å²) < 4.78 is 20.1. The van der Waals surface area contributed by atoms with E-state index >= 15 is 0 Å². The molecule has 0 radical (unpaired) electrons. The molecule has 2 aromatic heterocycles. The van der Waals surface area contributed by atoms with Crippen LogP contribution in [-0.2, 0) is 0 Å². The highest BCUT2D eigenvalue weighted by Gasteiger charge is 2.24. The van der Waals surface area contributed by atoms with Crippen molar-refractivity contribution in [1.82, 2.24) is 15.2 Å². The number of aromatic nitrogens is 3. The summed E-state index contributed by atoms with van der Waals surface area (Å²) in [6.07, 6.45) is 1.44. The van der Waals surface area contributed by atoms with Crippen LogP contribution in [0.15, 0.2) is 54.7 Å². The van der Waals surface area contributed by atoms with Crippen LogP contribution < -0.4 is 4.74 Å². The molecule has 0 unspecified atom stereocenters. The van der Waals surface area contributed by atoms with Crippen molar-refractivity contribution in [3.05, 3.63) is 80.8 Å². The molecule has 0 amide bonds. The highest BCUT2D eigenvalue weighted by molar-refractivity contribution is 6.38. The van der Waals surface area contributed by atoms with E-state index in [0.717, 1.165) is 0 Å². The molecule has 2 heterocycles. The lowest BCUT2D eigenvalue weighted by Gasteiger charge is -2.17. The number of hydrogen-bond donors (Lipinski definition) is 0. The molecule has 9 heteroatoms. The predicted molar refractivity (Wildman–Crippen MR) is 123 cm³/mol. The van der Waals surface area contributed by atoms with Crippen molar-refractivity contribution in [3.8, 4) is 39.4 Å². The smallest absolute Gasteiger partial charge is 0.161 e. The van der Waals surface area contributed by atoms with E-state index in [2.05, 4.69) is 15.2 Å². The van der Waals surface area contributed by atoms with Crippen molar-refractivity contribution in [3.63, 3.8) is 0 Å². The molecule has 4 nitrogen and oxygen atoms in total. The molecule has 0 N–H and O–H groups in total. The molecule has 4 rings (SSSR count). The second-order valence-corrected chi connectivity index (χ2v) is 8.07. The van der Waals surface area contributed by atoms with Gasteiger partial charge in [-0.2, -0.15) is 0 Å². The molecule has 0 aliphatic rings. The Labute approximate surface area is 197 Å². The maximum atomic E-state index is 14.8. The first-order valence-corrected chi connectivity index (χ1v) is 10.4. The predicted octanol–water partition coefficient (Wildman–Crippen LogP) is 7.63. The van der Waals surface area contributed by atoms with Crippen LogP contribution in [0.4, 0.5) is 4.39 Å². The maximum Gasteiger partial charge on any atom is 0.161 e. The van der Waals surface area contributed by atoms with Crippen LogP contribution in [0.25, 0.3) is 33.6 Å². The summed E-state index contributed by atoms with van der Waals surface area (Å²) in [5.74, 6) is 0.0199. The molecule has 156 valence electrons. The van der Waals surface area contributed by atoms with Gasteiger partial charge in [0.15, 0.2) is 5.15 Å². The molecular weight excluding hydrogens is 483 g/mol. The Morgan fingerprint density at radius 1 is 0.839 bits per heavy atom. The fourth-order valence-electron chi connectivity index (χ4n) is 3.18. The molecule has 0 saturated carbocycles. The van der Waals surface area contributed by atoms with Crippen LogP contribution >= 0.6 is 46.4 Å². The van der Waals surface area contributed by atoms with Crippen molar-refractivity contribution in [2.24, 2.45) is 0 Å². The third kappa shape index (κ3) is 4.32. The van der Waals surface area contributed by atoms with Gasteiger partial charge in [0.1, 0.15) is 17.3 Å². The molecule has 0 aliphatic heterocycles. The number of pyridine rings is 1. The van der Waals surface area contributed by atoms with Gasteiger partial charge >= 0.3 is 0 Å². The van der Waals surface area contributed by atoms with Crippen LogP contribution in [0.1, 0.15) is 0 Å². The quantitative estimate of drug-likeness (QED) is 0.292. The van der Waals surface area contributed by atoms with Gasteiger partial charge in [0.05, 0.1) is 28.4 Å². The van der Waals surface area contributed by atoms with Gasteiger partial charge in [0.25, 0.3) is 0 Å². The zero-order valence-corrected chi connectivity index (χ0v) is 18.9. The van der Waals surface area contributed by atoms with Crippen molar-refractivity contribution in [2.45, 2.75) is 0 Å². The van der Waals surface area contributed by atoms with Crippen molar-refractivity contribution >= 4 is 46.4 Å². The topological polar surface area (TPSA) is 47.9 Å². The highest BCUT2D eigenvalue weighted by Crippen LogP contribution is 2.45. The van der Waals surface area contributed by atoms with E-state index in [-0.39, 0.29) is 21.4 Å². The maximum absolute atomic E-state index is 14.8. The Morgan fingerprint density at radius 3 is 2.32 bits per heavy atom. The summed E-state index contributed by atoms with van der Waals surface area (Å²) in [7, 11) is 1.52. The minimum Gasteiger partial charge on any atom is -0.497 e. The van der Waals surface area contributed by atoms with Crippen molar-refractivity contribution in [2.75, 3.05) is 7.11 Å². The zero-order valence-electron chi connectivity index (χ0n) is 15.8. The second kappa shape index (κ2) is 8.97. The van der Waals surface area contributed by atoms with E-state index < -0.39 is 5.82 Å². The molecule has 0 spiro atoms. The summed E-state index contributed by atoms with van der Waals surface area (Å²) in [5, 5.41) is 9.28. The third-order valence-corrected chi connectivity index (χ3v) is 5.48. The van der Waals surface area contributed by atoms with E-state index in [9.17, 15) is 4.39 Å². The lowest BCUT2D eigenvalue weighted by Crippen LogP contribution is -2.01. The van der Waals surface area contributed by atoms with Gasteiger partial charge in [-0.05, 0) is 42.0 Å².